The first-order valence-corrected chi connectivity index (χ1v) is 9.97. The van der Waals surface area contributed by atoms with Crippen molar-refractivity contribution in [3.05, 3.63) is 71.0 Å². The SMILES string of the molecule is O=C(Cc1c(F)ccc(F)c1F)C1CC2CCCC(C1)N2Cc1ccccc1. The Hall–Kier alpha value is -2.14. The van der Waals surface area contributed by atoms with Crippen molar-refractivity contribution >= 4 is 5.78 Å². The number of piperidine rings is 2. The average Bonchev–Trinajstić information content (AvgIpc) is 2.68. The second kappa shape index (κ2) is 8.08. The van der Waals surface area contributed by atoms with E-state index in [1.54, 1.807) is 0 Å². The van der Waals surface area contributed by atoms with E-state index in [1.165, 1.54) is 5.56 Å². The van der Waals surface area contributed by atoms with Crippen molar-refractivity contribution in [1.82, 2.24) is 4.90 Å². The van der Waals surface area contributed by atoms with E-state index >= 15 is 0 Å². The topological polar surface area (TPSA) is 20.3 Å². The zero-order chi connectivity index (χ0) is 19.7. The summed E-state index contributed by atoms with van der Waals surface area (Å²) in [6.45, 7) is 0.865. The highest BCUT2D eigenvalue weighted by Gasteiger charge is 2.40. The van der Waals surface area contributed by atoms with Crippen LogP contribution in [-0.2, 0) is 17.8 Å². The number of benzene rings is 2. The molecule has 2 aliphatic rings. The maximum Gasteiger partial charge on any atom is 0.165 e. The summed E-state index contributed by atoms with van der Waals surface area (Å²) in [5.41, 5.74) is 0.815. The van der Waals surface area contributed by atoms with Crippen LogP contribution >= 0.6 is 0 Å². The van der Waals surface area contributed by atoms with Gasteiger partial charge in [-0.1, -0.05) is 36.8 Å². The monoisotopic (exact) mass is 387 g/mol. The van der Waals surface area contributed by atoms with Gasteiger partial charge in [0.05, 0.1) is 0 Å². The summed E-state index contributed by atoms with van der Waals surface area (Å²) < 4.78 is 41.3. The molecule has 28 heavy (non-hydrogen) atoms. The highest BCUT2D eigenvalue weighted by atomic mass is 19.2. The van der Waals surface area contributed by atoms with Crippen LogP contribution in [0.1, 0.15) is 43.2 Å². The maximum atomic E-state index is 13.9. The Bertz CT molecular complexity index is 840. The molecule has 2 atom stereocenters. The molecule has 2 unspecified atom stereocenters. The number of Topliss-reactive ketones (excluding diaryl/α,β-unsaturated/α-hetero) is 1. The third kappa shape index (κ3) is 3.86. The molecule has 0 aromatic heterocycles. The van der Waals surface area contributed by atoms with Crippen molar-refractivity contribution in [2.75, 3.05) is 0 Å². The lowest BCUT2D eigenvalue weighted by molar-refractivity contribution is -0.126. The van der Waals surface area contributed by atoms with E-state index in [2.05, 4.69) is 17.0 Å². The Labute approximate surface area is 163 Å². The number of hydrogen-bond acceptors (Lipinski definition) is 2. The molecule has 4 rings (SSSR count). The smallest absolute Gasteiger partial charge is 0.165 e. The molecule has 5 heteroatoms. The fourth-order valence-electron chi connectivity index (χ4n) is 4.84. The van der Waals surface area contributed by atoms with E-state index in [9.17, 15) is 18.0 Å². The number of fused-ring (bicyclic) bond motifs is 2. The van der Waals surface area contributed by atoms with Gasteiger partial charge in [0.2, 0.25) is 0 Å². The second-order valence-corrected chi connectivity index (χ2v) is 8.03. The van der Waals surface area contributed by atoms with Crippen LogP contribution in [0, 0.1) is 23.4 Å². The fraction of sp³-hybridized carbons (Fsp3) is 0.435. The molecule has 0 amide bonds. The predicted molar refractivity (Wildman–Crippen MR) is 101 cm³/mol. The molecule has 2 saturated heterocycles. The molecular weight excluding hydrogens is 363 g/mol. The average molecular weight is 387 g/mol. The van der Waals surface area contributed by atoms with Crippen LogP contribution < -0.4 is 0 Å². The molecule has 2 bridgehead atoms. The molecular formula is C23H24F3NO. The van der Waals surface area contributed by atoms with Crippen molar-refractivity contribution in [1.29, 1.82) is 0 Å². The Morgan fingerprint density at radius 2 is 1.57 bits per heavy atom. The molecule has 0 radical (unpaired) electrons. The van der Waals surface area contributed by atoms with Crippen molar-refractivity contribution in [2.24, 2.45) is 5.92 Å². The molecule has 0 spiro atoms. The van der Waals surface area contributed by atoms with Crippen LogP contribution in [0.15, 0.2) is 42.5 Å². The number of ketones is 1. The Balaban J connectivity index is 1.47. The van der Waals surface area contributed by atoms with Gasteiger partial charge in [0, 0.05) is 36.5 Å². The van der Waals surface area contributed by atoms with Crippen LogP contribution in [0.5, 0.6) is 0 Å². The largest absolute Gasteiger partial charge is 0.299 e. The van der Waals surface area contributed by atoms with Gasteiger partial charge in [0.1, 0.15) is 11.6 Å². The number of carbonyl (C=O) groups is 1. The van der Waals surface area contributed by atoms with E-state index in [0.717, 1.165) is 37.9 Å². The van der Waals surface area contributed by atoms with E-state index < -0.39 is 23.0 Å². The van der Waals surface area contributed by atoms with Gasteiger partial charge in [0.15, 0.2) is 11.6 Å². The summed E-state index contributed by atoms with van der Waals surface area (Å²) in [5.74, 6) is -3.60. The minimum Gasteiger partial charge on any atom is -0.299 e. The lowest BCUT2D eigenvalue weighted by Gasteiger charge is -2.48. The molecule has 0 saturated carbocycles. The maximum absolute atomic E-state index is 13.9. The van der Waals surface area contributed by atoms with Crippen molar-refractivity contribution in [2.45, 2.75) is 57.2 Å². The first-order valence-electron chi connectivity index (χ1n) is 9.97. The van der Waals surface area contributed by atoms with Gasteiger partial charge in [-0.05, 0) is 43.4 Å². The first kappa shape index (κ1) is 19.2. The Morgan fingerprint density at radius 1 is 0.929 bits per heavy atom. The minimum absolute atomic E-state index is 0.181. The molecule has 2 aromatic rings. The number of nitrogens with zero attached hydrogens (tertiary/aromatic N) is 1. The van der Waals surface area contributed by atoms with Crippen LogP contribution in [0.2, 0.25) is 0 Å². The summed E-state index contributed by atoms with van der Waals surface area (Å²) in [6, 6.07) is 12.5. The van der Waals surface area contributed by atoms with E-state index in [0.29, 0.717) is 24.9 Å². The van der Waals surface area contributed by atoms with Crippen LogP contribution in [0.25, 0.3) is 0 Å². The lowest BCUT2D eigenvalue weighted by atomic mass is 9.75. The molecule has 2 nitrogen and oxygen atoms in total. The standard InChI is InChI=1S/C23H24F3NO/c24-20-9-10-21(25)23(26)19(20)13-22(28)16-11-17-7-4-8-18(12-16)27(17)14-15-5-2-1-3-6-15/h1-3,5-6,9-10,16-18H,4,7-8,11-14H2. The summed E-state index contributed by atoms with van der Waals surface area (Å²) in [5, 5.41) is 0. The van der Waals surface area contributed by atoms with Gasteiger partial charge in [-0.2, -0.15) is 0 Å². The highest BCUT2D eigenvalue weighted by molar-refractivity contribution is 5.83. The Morgan fingerprint density at radius 3 is 2.25 bits per heavy atom. The van der Waals surface area contributed by atoms with Crippen molar-refractivity contribution < 1.29 is 18.0 Å². The fourth-order valence-corrected chi connectivity index (χ4v) is 4.84. The summed E-state index contributed by atoms with van der Waals surface area (Å²) in [4.78, 5) is 15.3. The molecule has 2 fully saturated rings. The van der Waals surface area contributed by atoms with E-state index in [-0.39, 0.29) is 18.1 Å². The third-order valence-electron chi connectivity index (χ3n) is 6.28. The van der Waals surface area contributed by atoms with Crippen LogP contribution in [-0.4, -0.2) is 22.8 Å². The lowest BCUT2D eigenvalue weighted by Crippen LogP contribution is -2.52. The number of halogens is 3. The van der Waals surface area contributed by atoms with Gasteiger partial charge >= 0.3 is 0 Å². The van der Waals surface area contributed by atoms with Gasteiger partial charge in [-0.3, -0.25) is 9.69 Å². The third-order valence-corrected chi connectivity index (χ3v) is 6.28. The van der Waals surface area contributed by atoms with Gasteiger partial charge in [0.25, 0.3) is 0 Å². The van der Waals surface area contributed by atoms with Crippen LogP contribution in [0.4, 0.5) is 13.2 Å². The molecule has 2 aliphatic heterocycles. The Kier molecular flexibility index (Phi) is 5.54. The zero-order valence-electron chi connectivity index (χ0n) is 15.7. The molecule has 148 valence electrons. The van der Waals surface area contributed by atoms with Crippen LogP contribution in [0.3, 0.4) is 0 Å². The number of hydrogen-bond donors (Lipinski definition) is 0. The first-order chi connectivity index (χ1) is 13.5. The number of carbonyl (C=O) groups excluding carboxylic acids is 1. The van der Waals surface area contributed by atoms with Gasteiger partial charge in [-0.15, -0.1) is 0 Å². The molecule has 2 aromatic carbocycles. The quantitative estimate of drug-likeness (QED) is 0.669. The second-order valence-electron chi connectivity index (χ2n) is 8.03. The summed E-state index contributed by atoms with van der Waals surface area (Å²) >= 11 is 0. The zero-order valence-corrected chi connectivity index (χ0v) is 15.7. The van der Waals surface area contributed by atoms with E-state index in [1.807, 2.05) is 18.2 Å². The summed E-state index contributed by atoms with van der Waals surface area (Å²) in [6.07, 6.45) is 4.26. The van der Waals surface area contributed by atoms with Gasteiger partial charge in [-0.25, -0.2) is 13.2 Å². The molecule has 0 N–H and O–H groups in total. The predicted octanol–water partition coefficient (Wildman–Crippen LogP) is 5.05. The normalized spacial score (nSPS) is 24.9. The molecule has 2 heterocycles. The highest BCUT2D eigenvalue weighted by Crippen LogP contribution is 2.38. The number of rotatable bonds is 5. The summed E-state index contributed by atoms with van der Waals surface area (Å²) in [7, 11) is 0. The minimum atomic E-state index is -1.24. The van der Waals surface area contributed by atoms with E-state index in [4.69, 9.17) is 0 Å². The molecule has 0 aliphatic carbocycles. The van der Waals surface area contributed by atoms with Crippen molar-refractivity contribution in [3.63, 3.8) is 0 Å². The van der Waals surface area contributed by atoms with Gasteiger partial charge < -0.3 is 0 Å². The van der Waals surface area contributed by atoms with Crippen molar-refractivity contribution in [3.8, 4) is 0 Å².